The summed E-state index contributed by atoms with van der Waals surface area (Å²) in [5.41, 5.74) is 7.69. The topological polar surface area (TPSA) is 0 Å². The smallest absolute Gasteiger partial charge is 0.00745 e. The highest BCUT2D eigenvalue weighted by Gasteiger charge is 2.24. The molecular weight excluding hydrogens is 855 g/mol. The van der Waals surface area contributed by atoms with Crippen molar-refractivity contribution in [2.45, 2.75) is 0 Å². The molecule has 0 fully saturated rings. The van der Waals surface area contributed by atoms with E-state index < -0.39 is 15.1 Å². The Hall–Kier alpha value is -7.98. The average molecular weight is 895 g/mol. The predicted octanol–water partition coefficient (Wildman–Crippen LogP) is 20.5. The van der Waals surface area contributed by atoms with Crippen LogP contribution in [0.3, 0.4) is 0 Å². The third kappa shape index (κ3) is 5.39. The number of hydrogen-bond acceptors (Lipinski definition) is 0. The Labute approximate surface area is 395 Å². The Balaban J connectivity index is 1.11. The molecule has 314 valence electrons. The summed E-state index contributed by atoms with van der Waals surface area (Å²) in [6.45, 7) is 0. The van der Waals surface area contributed by atoms with Crippen LogP contribution in [0.15, 0.2) is 243 Å². The Bertz CT molecular complexity index is 4320. The van der Waals surface area contributed by atoms with Crippen LogP contribution in [0.1, 0.15) is 0 Å². The summed E-state index contributed by atoms with van der Waals surface area (Å²) in [5, 5.41) is 26.9. The van der Waals surface area contributed by atoms with E-state index in [2.05, 4.69) is 243 Å². The molecule has 0 aliphatic heterocycles. The molecule has 0 amide bonds. The van der Waals surface area contributed by atoms with Gasteiger partial charge in [-0.05, 0) is 133 Å². The zero-order valence-electron chi connectivity index (χ0n) is 37.0. The lowest BCUT2D eigenvalue weighted by atomic mass is 9.82. The van der Waals surface area contributed by atoms with Crippen molar-refractivity contribution in [1.82, 2.24) is 0 Å². The monoisotopic (exact) mass is 894 g/mol. The first-order valence-electron chi connectivity index (χ1n) is 23.6. The minimum atomic E-state index is -0.714. The molecule has 15 rings (SSSR count). The maximum Gasteiger partial charge on any atom is 0.00745 e. The zero-order valence-corrected chi connectivity index (χ0v) is 38.8. The van der Waals surface area contributed by atoms with Gasteiger partial charge >= 0.3 is 0 Å². The van der Waals surface area contributed by atoms with Crippen molar-refractivity contribution in [1.29, 1.82) is 0 Å². The summed E-state index contributed by atoms with van der Waals surface area (Å²) in [5.74, 6) is 0. The molecule has 2 atom stereocenters. The van der Waals surface area contributed by atoms with E-state index in [1.807, 2.05) is 0 Å². The number of benzene rings is 13. The quantitative estimate of drug-likeness (QED) is 0.119. The summed E-state index contributed by atoms with van der Waals surface area (Å²) in [6, 6.07) is 92.3. The highest BCUT2D eigenvalue weighted by atomic mass is 31.1. The molecule has 0 nitrogen and oxygen atoms in total. The van der Waals surface area contributed by atoms with Gasteiger partial charge in [-0.3, -0.25) is 0 Å². The van der Waals surface area contributed by atoms with Crippen LogP contribution in [-0.4, -0.2) is 0 Å². The fraction of sp³-hybridized carbons (Fsp3) is 0. The van der Waals surface area contributed by atoms with Crippen molar-refractivity contribution >= 4 is 111 Å². The molecule has 0 spiro atoms. The van der Waals surface area contributed by atoms with E-state index in [1.54, 1.807) is 0 Å². The SMILES string of the molecule is c1ccc(-p2c3ccccc3c3c(-c4cccc5c(-c6cc7cccc8ccc9cccc6c9c87)c6cccc(-c7cccc8c7c7ccccc7p8-c7ccccc7)c6cc45)cccc32)cc1. The standard InChI is InChI=1S/C66H40P2/c1-3-20-44(21-4-1)67-58-33-9-7-24-53(58)65-48(31-15-35-60(65)67)46-26-13-29-50-55(46)40-56-47(49-32-16-36-61-66(49)54-25-8-10-34-59(54)68(61)45-22-5-2-6-23-45)27-14-30-51(56)64(50)57-39-43-19-11-17-41-37-38-42-18-12-28-52(57)63(42)62(41)43/h1-40H. The fourth-order valence-corrected chi connectivity index (χ4v) is 17.4. The fourth-order valence-electron chi connectivity index (χ4n) is 12.1. The minimum Gasteiger partial charge on any atom is -0.0772 e. The van der Waals surface area contributed by atoms with E-state index in [1.165, 1.54) is 140 Å². The average Bonchev–Trinajstić information content (AvgIpc) is 3.93. The molecule has 0 aliphatic rings. The van der Waals surface area contributed by atoms with E-state index in [0.717, 1.165) is 0 Å². The van der Waals surface area contributed by atoms with Crippen molar-refractivity contribution in [3.63, 3.8) is 0 Å². The van der Waals surface area contributed by atoms with Gasteiger partial charge in [0, 0.05) is 31.2 Å². The summed E-state index contributed by atoms with van der Waals surface area (Å²) < 4.78 is 0. The molecule has 2 unspecified atom stereocenters. The lowest BCUT2D eigenvalue weighted by molar-refractivity contribution is 1.69. The molecule has 0 radical (unpaired) electrons. The molecule has 0 saturated carbocycles. The molecule has 2 aromatic heterocycles. The first-order chi connectivity index (χ1) is 33.8. The Morgan fingerprint density at radius 3 is 1.19 bits per heavy atom. The van der Waals surface area contributed by atoms with Crippen molar-refractivity contribution in [2.75, 3.05) is 0 Å². The number of fused-ring (bicyclic) bond motifs is 8. The van der Waals surface area contributed by atoms with Crippen LogP contribution in [0, 0.1) is 0 Å². The van der Waals surface area contributed by atoms with Gasteiger partial charge in [0.05, 0.1) is 0 Å². The van der Waals surface area contributed by atoms with Crippen LogP contribution in [-0.2, 0) is 0 Å². The molecular formula is C66H40P2. The third-order valence-corrected chi connectivity index (χ3v) is 19.9. The van der Waals surface area contributed by atoms with E-state index in [-0.39, 0.29) is 0 Å². The Morgan fingerprint density at radius 1 is 0.206 bits per heavy atom. The molecule has 2 heteroatoms. The van der Waals surface area contributed by atoms with Gasteiger partial charge in [-0.15, -0.1) is 0 Å². The van der Waals surface area contributed by atoms with Gasteiger partial charge in [0.25, 0.3) is 0 Å². The first-order valence-corrected chi connectivity index (χ1v) is 26.3. The van der Waals surface area contributed by atoms with Crippen LogP contribution >= 0.6 is 15.1 Å². The lowest BCUT2D eigenvalue weighted by Crippen LogP contribution is -1.93. The van der Waals surface area contributed by atoms with E-state index in [9.17, 15) is 0 Å². The van der Waals surface area contributed by atoms with Gasteiger partial charge in [0.15, 0.2) is 0 Å². The van der Waals surface area contributed by atoms with E-state index in [4.69, 9.17) is 0 Å². The molecule has 2 heterocycles. The van der Waals surface area contributed by atoms with Gasteiger partial charge in [0.2, 0.25) is 0 Å². The lowest BCUT2D eigenvalue weighted by Gasteiger charge is -2.21. The van der Waals surface area contributed by atoms with Crippen LogP contribution in [0.25, 0.3) is 140 Å². The van der Waals surface area contributed by atoms with Crippen LogP contribution in [0.4, 0.5) is 0 Å². The summed E-state index contributed by atoms with van der Waals surface area (Å²) in [7, 11) is -1.43. The Kier molecular flexibility index (Phi) is 8.28. The number of rotatable bonds is 5. The van der Waals surface area contributed by atoms with Crippen molar-refractivity contribution in [2.24, 2.45) is 0 Å². The van der Waals surface area contributed by atoms with Gasteiger partial charge in [-0.25, -0.2) is 0 Å². The van der Waals surface area contributed by atoms with Gasteiger partial charge < -0.3 is 0 Å². The number of hydrogen-bond donors (Lipinski definition) is 0. The normalized spacial score (nSPS) is 12.6. The molecule has 13 aromatic carbocycles. The second kappa shape index (κ2) is 14.8. The van der Waals surface area contributed by atoms with Gasteiger partial charge in [-0.2, -0.15) is 0 Å². The first kappa shape index (κ1) is 38.2. The van der Waals surface area contributed by atoms with Crippen molar-refractivity contribution < 1.29 is 0 Å². The van der Waals surface area contributed by atoms with Crippen LogP contribution in [0.2, 0.25) is 0 Å². The summed E-state index contributed by atoms with van der Waals surface area (Å²) in [4.78, 5) is 0. The zero-order chi connectivity index (χ0) is 44.5. The van der Waals surface area contributed by atoms with Crippen molar-refractivity contribution in [3.05, 3.63) is 243 Å². The summed E-state index contributed by atoms with van der Waals surface area (Å²) in [6.07, 6.45) is 0. The maximum absolute atomic E-state index is 2.55. The van der Waals surface area contributed by atoms with E-state index >= 15 is 0 Å². The second-order valence-electron chi connectivity index (χ2n) is 18.3. The van der Waals surface area contributed by atoms with Crippen LogP contribution in [0.5, 0.6) is 0 Å². The third-order valence-electron chi connectivity index (χ3n) is 14.8. The van der Waals surface area contributed by atoms with E-state index in [0.29, 0.717) is 0 Å². The summed E-state index contributed by atoms with van der Waals surface area (Å²) >= 11 is 0. The molecule has 15 aromatic rings. The van der Waals surface area contributed by atoms with Crippen molar-refractivity contribution in [3.8, 4) is 44.0 Å². The highest BCUT2D eigenvalue weighted by Crippen LogP contribution is 2.59. The minimum absolute atomic E-state index is 0.714. The largest absolute Gasteiger partial charge is 0.0772 e. The highest BCUT2D eigenvalue weighted by molar-refractivity contribution is 7.68. The molecule has 0 bridgehead atoms. The molecule has 68 heavy (non-hydrogen) atoms. The predicted molar refractivity (Wildman–Crippen MR) is 300 cm³/mol. The molecule has 0 N–H and O–H groups in total. The molecule has 0 saturated heterocycles. The second-order valence-corrected chi connectivity index (χ2v) is 22.6. The van der Waals surface area contributed by atoms with Crippen LogP contribution < -0.4 is 0 Å². The maximum atomic E-state index is 2.55. The van der Waals surface area contributed by atoms with Gasteiger partial charge in [-0.1, -0.05) is 233 Å². The Morgan fingerprint density at radius 2 is 0.618 bits per heavy atom. The molecule has 0 aliphatic carbocycles. The van der Waals surface area contributed by atoms with Gasteiger partial charge in [0.1, 0.15) is 0 Å².